The zero-order chi connectivity index (χ0) is 22.8. The molecule has 1 aliphatic carbocycles. The van der Waals surface area contributed by atoms with Crippen molar-refractivity contribution in [3.63, 3.8) is 0 Å². The first-order valence-corrected chi connectivity index (χ1v) is 11.2. The lowest BCUT2D eigenvalue weighted by atomic mass is 9.94. The predicted octanol–water partition coefficient (Wildman–Crippen LogP) is 4.52. The van der Waals surface area contributed by atoms with E-state index in [0.717, 1.165) is 36.9 Å². The van der Waals surface area contributed by atoms with Crippen molar-refractivity contribution in [2.75, 3.05) is 25.6 Å². The fourth-order valence-electron chi connectivity index (χ4n) is 4.72. The summed E-state index contributed by atoms with van der Waals surface area (Å²) < 4.78 is 5.48. The van der Waals surface area contributed by atoms with Crippen LogP contribution in [0.1, 0.15) is 49.8 Å². The Morgan fingerprint density at radius 1 is 1.03 bits per heavy atom. The second-order valence-electron chi connectivity index (χ2n) is 8.59. The molecule has 2 fully saturated rings. The van der Waals surface area contributed by atoms with Crippen molar-refractivity contribution in [3.8, 4) is 5.75 Å². The molecule has 1 aliphatic heterocycles. The van der Waals surface area contributed by atoms with Gasteiger partial charge in [0.25, 0.3) is 11.7 Å². The van der Waals surface area contributed by atoms with E-state index in [4.69, 9.17) is 4.74 Å². The van der Waals surface area contributed by atoms with E-state index < -0.39 is 17.7 Å². The van der Waals surface area contributed by atoms with Crippen LogP contribution < -0.4 is 9.64 Å². The Labute approximate surface area is 189 Å². The minimum absolute atomic E-state index is 0.00982. The van der Waals surface area contributed by atoms with Crippen LogP contribution in [0.5, 0.6) is 5.75 Å². The molecule has 0 spiro atoms. The number of amides is 1. The van der Waals surface area contributed by atoms with Gasteiger partial charge in [-0.15, -0.1) is 0 Å². The molecule has 32 heavy (non-hydrogen) atoms. The molecule has 2 aromatic rings. The minimum Gasteiger partial charge on any atom is -0.507 e. The molecule has 6 heteroatoms. The van der Waals surface area contributed by atoms with Gasteiger partial charge >= 0.3 is 0 Å². The molecular formula is C26H30N2O4. The van der Waals surface area contributed by atoms with E-state index in [9.17, 15) is 14.7 Å². The average Bonchev–Trinajstić information content (AvgIpc) is 3.41. The number of Topliss-reactive ketones (excluding diaryl/α,β-unsaturated/α-hetero) is 1. The second-order valence-corrected chi connectivity index (χ2v) is 8.59. The maximum absolute atomic E-state index is 13.2. The van der Waals surface area contributed by atoms with Crippen LogP contribution in [-0.4, -0.2) is 48.4 Å². The zero-order valence-electron chi connectivity index (χ0n) is 18.9. The van der Waals surface area contributed by atoms with Gasteiger partial charge in [-0.2, -0.15) is 0 Å². The van der Waals surface area contributed by atoms with Crippen LogP contribution in [0.2, 0.25) is 0 Å². The highest BCUT2D eigenvalue weighted by Crippen LogP contribution is 2.43. The van der Waals surface area contributed by atoms with E-state index in [-0.39, 0.29) is 17.4 Å². The topological polar surface area (TPSA) is 70.1 Å². The van der Waals surface area contributed by atoms with Crippen molar-refractivity contribution in [1.29, 1.82) is 0 Å². The van der Waals surface area contributed by atoms with Gasteiger partial charge in [-0.25, -0.2) is 0 Å². The average molecular weight is 435 g/mol. The van der Waals surface area contributed by atoms with Gasteiger partial charge in [0.2, 0.25) is 0 Å². The second kappa shape index (κ2) is 9.07. The van der Waals surface area contributed by atoms with E-state index >= 15 is 0 Å². The predicted molar refractivity (Wildman–Crippen MR) is 125 cm³/mol. The lowest BCUT2D eigenvalue weighted by Crippen LogP contribution is -2.37. The van der Waals surface area contributed by atoms with Crippen molar-refractivity contribution in [3.05, 3.63) is 65.2 Å². The highest BCUT2D eigenvalue weighted by atomic mass is 16.5. The van der Waals surface area contributed by atoms with Gasteiger partial charge in [-0.1, -0.05) is 25.0 Å². The first-order chi connectivity index (χ1) is 15.4. The van der Waals surface area contributed by atoms with Crippen LogP contribution in [0.3, 0.4) is 0 Å². The first kappa shape index (κ1) is 21.9. The smallest absolute Gasteiger partial charge is 0.295 e. The third-order valence-electron chi connectivity index (χ3n) is 6.36. The Hall–Kier alpha value is -3.28. The quantitative estimate of drug-likeness (QED) is 0.411. The number of carbonyl (C=O) groups is 2. The molecule has 6 nitrogen and oxygen atoms in total. The maximum Gasteiger partial charge on any atom is 0.295 e. The van der Waals surface area contributed by atoms with Gasteiger partial charge in [0, 0.05) is 31.4 Å². The standard InChI is InChI=1S/C26H30N2O4/c1-4-32-21-15-11-18(12-16-21)24(29)22-23(17-9-13-19(14-10-17)27(2)3)28(26(31)25(22)30)20-7-5-6-8-20/h9-16,20,23,29H,4-8H2,1-3H3/b24-22-. The Bertz CT molecular complexity index is 1020. The van der Waals surface area contributed by atoms with Crippen molar-refractivity contribution < 1.29 is 19.4 Å². The first-order valence-electron chi connectivity index (χ1n) is 11.2. The third kappa shape index (κ3) is 3.97. The summed E-state index contributed by atoms with van der Waals surface area (Å²) in [6.07, 6.45) is 3.84. The van der Waals surface area contributed by atoms with Gasteiger partial charge < -0.3 is 19.6 Å². The summed E-state index contributed by atoms with van der Waals surface area (Å²) in [7, 11) is 3.93. The molecule has 1 unspecified atom stereocenters. The van der Waals surface area contributed by atoms with Crippen LogP contribution in [0.4, 0.5) is 5.69 Å². The Morgan fingerprint density at radius 3 is 2.22 bits per heavy atom. The van der Waals surface area contributed by atoms with E-state index in [1.165, 1.54) is 0 Å². The lowest BCUT2D eigenvalue weighted by molar-refractivity contribution is -0.141. The molecule has 1 N–H and O–H groups in total. The van der Waals surface area contributed by atoms with Crippen LogP contribution in [0.25, 0.3) is 5.76 Å². The number of rotatable bonds is 6. The monoisotopic (exact) mass is 434 g/mol. The van der Waals surface area contributed by atoms with Crippen molar-refractivity contribution in [2.24, 2.45) is 0 Å². The van der Waals surface area contributed by atoms with Gasteiger partial charge in [0.1, 0.15) is 11.5 Å². The van der Waals surface area contributed by atoms with Gasteiger partial charge in [0.15, 0.2) is 0 Å². The summed E-state index contributed by atoms with van der Waals surface area (Å²) in [5.41, 5.74) is 2.50. The number of aliphatic hydroxyl groups is 1. The van der Waals surface area contributed by atoms with E-state index in [2.05, 4.69) is 0 Å². The van der Waals surface area contributed by atoms with Crippen molar-refractivity contribution in [2.45, 2.75) is 44.7 Å². The molecule has 0 aromatic heterocycles. The van der Waals surface area contributed by atoms with Crippen LogP contribution in [0.15, 0.2) is 54.1 Å². The van der Waals surface area contributed by atoms with E-state index in [1.54, 1.807) is 29.2 Å². The molecule has 168 valence electrons. The molecule has 1 saturated carbocycles. The minimum atomic E-state index is -0.620. The van der Waals surface area contributed by atoms with Crippen molar-refractivity contribution >= 4 is 23.1 Å². The normalized spacial score (nSPS) is 20.7. The molecule has 1 amide bonds. The number of ether oxygens (including phenoxy) is 1. The van der Waals surface area contributed by atoms with Crippen LogP contribution in [0, 0.1) is 0 Å². The summed E-state index contributed by atoms with van der Waals surface area (Å²) >= 11 is 0. The van der Waals surface area contributed by atoms with Crippen LogP contribution >= 0.6 is 0 Å². The number of carbonyl (C=O) groups excluding carboxylic acids is 2. The molecule has 1 heterocycles. The van der Waals surface area contributed by atoms with E-state index in [0.29, 0.717) is 17.9 Å². The highest BCUT2D eigenvalue weighted by Gasteiger charge is 2.49. The maximum atomic E-state index is 13.2. The third-order valence-corrected chi connectivity index (χ3v) is 6.36. The number of hydrogen-bond donors (Lipinski definition) is 1. The van der Waals surface area contributed by atoms with E-state index in [1.807, 2.05) is 50.2 Å². The van der Waals surface area contributed by atoms with Crippen LogP contribution in [-0.2, 0) is 9.59 Å². The Morgan fingerprint density at radius 2 is 1.66 bits per heavy atom. The summed E-state index contributed by atoms with van der Waals surface area (Å²) in [6, 6.07) is 14.2. The zero-order valence-corrected chi connectivity index (χ0v) is 18.9. The fraction of sp³-hybridized carbons (Fsp3) is 0.385. The molecule has 0 radical (unpaired) electrons. The number of anilines is 1. The number of hydrogen-bond acceptors (Lipinski definition) is 5. The highest BCUT2D eigenvalue weighted by molar-refractivity contribution is 6.46. The summed E-state index contributed by atoms with van der Waals surface area (Å²) in [4.78, 5) is 30.0. The largest absolute Gasteiger partial charge is 0.507 e. The van der Waals surface area contributed by atoms with Crippen molar-refractivity contribution in [1.82, 2.24) is 4.90 Å². The molecule has 1 atom stereocenters. The fourth-order valence-corrected chi connectivity index (χ4v) is 4.72. The number of nitrogens with zero attached hydrogens (tertiary/aromatic N) is 2. The Kier molecular flexibility index (Phi) is 6.21. The summed E-state index contributed by atoms with van der Waals surface area (Å²) in [5.74, 6) is -0.601. The summed E-state index contributed by atoms with van der Waals surface area (Å²) in [6.45, 7) is 2.45. The number of ketones is 1. The number of aliphatic hydroxyl groups excluding tert-OH is 1. The molecule has 2 aromatic carbocycles. The molecule has 1 saturated heterocycles. The van der Waals surface area contributed by atoms with Gasteiger partial charge in [-0.3, -0.25) is 9.59 Å². The van der Waals surface area contributed by atoms with Gasteiger partial charge in [0.05, 0.1) is 18.2 Å². The molecule has 4 rings (SSSR count). The summed E-state index contributed by atoms with van der Waals surface area (Å²) in [5, 5.41) is 11.2. The lowest BCUT2D eigenvalue weighted by Gasteiger charge is -2.31. The van der Waals surface area contributed by atoms with Gasteiger partial charge in [-0.05, 0) is 61.7 Å². The molecule has 0 bridgehead atoms. The number of likely N-dealkylation sites (tertiary alicyclic amines) is 1. The molecular weight excluding hydrogens is 404 g/mol. The molecule has 2 aliphatic rings. The number of benzene rings is 2. The SMILES string of the molecule is CCOc1ccc(/C(O)=C2/C(=O)C(=O)N(C3CCCC3)C2c2ccc(N(C)C)cc2)cc1. The Balaban J connectivity index is 1.81.